The van der Waals surface area contributed by atoms with Crippen molar-refractivity contribution < 1.29 is 0 Å². The van der Waals surface area contributed by atoms with E-state index in [1.807, 2.05) is 6.07 Å². The quantitative estimate of drug-likeness (QED) is 0.717. The van der Waals surface area contributed by atoms with Crippen LogP contribution in [0.15, 0.2) is 36.5 Å². The van der Waals surface area contributed by atoms with Crippen LogP contribution in [0.3, 0.4) is 0 Å². The van der Waals surface area contributed by atoms with Crippen LogP contribution < -0.4 is 0 Å². The molecule has 1 aromatic carbocycles. The van der Waals surface area contributed by atoms with Crippen LogP contribution in [-0.4, -0.2) is 25.0 Å². The zero-order valence-electron chi connectivity index (χ0n) is 10.4. The van der Waals surface area contributed by atoms with Crippen LogP contribution in [0.1, 0.15) is 17.0 Å². The molecule has 0 amide bonds. The van der Waals surface area contributed by atoms with E-state index in [-0.39, 0.29) is 0 Å². The van der Waals surface area contributed by atoms with Crippen LogP contribution in [0.4, 0.5) is 0 Å². The summed E-state index contributed by atoms with van der Waals surface area (Å²) in [7, 11) is 0. The maximum atomic E-state index is 4.32. The summed E-state index contributed by atoms with van der Waals surface area (Å²) in [6.45, 7) is 0.826. The van der Waals surface area contributed by atoms with Crippen LogP contribution >= 0.6 is 0 Å². The molecular weight excluding hydrogens is 238 g/mol. The third-order valence-electron chi connectivity index (χ3n) is 3.63. The van der Waals surface area contributed by atoms with Crippen LogP contribution in [0, 0.1) is 0 Å². The number of nitrogens with one attached hydrogen (secondary N) is 1. The number of nitrogens with zero attached hydrogens (tertiary/aromatic N) is 4. The first-order valence-corrected chi connectivity index (χ1v) is 6.40. The van der Waals surface area contributed by atoms with Crippen molar-refractivity contribution in [2.45, 2.75) is 19.4 Å². The van der Waals surface area contributed by atoms with Gasteiger partial charge >= 0.3 is 0 Å². The highest BCUT2D eigenvalue weighted by Crippen LogP contribution is 2.23. The van der Waals surface area contributed by atoms with E-state index in [0.29, 0.717) is 0 Å². The van der Waals surface area contributed by atoms with E-state index in [1.54, 1.807) is 6.20 Å². The van der Waals surface area contributed by atoms with Crippen LogP contribution in [0.5, 0.6) is 0 Å². The molecular formula is C14H13N5. The van der Waals surface area contributed by atoms with E-state index in [2.05, 4.69) is 49.2 Å². The van der Waals surface area contributed by atoms with E-state index < -0.39 is 0 Å². The van der Waals surface area contributed by atoms with Crippen molar-refractivity contribution >= 4 is 0 Å². The van der Waals surface area contributed by atoms with E-state index in [9.17, 15) is 0 Å². The molecule has 0 fully saturated rings. The van der Waals surface area contributed by atoms with Crippen LogP contribution in [0.25, 0.3) is 11.5 Å². The Kier molecular flexibility index (Phi) is 2.24. The Morgan fingerprint density at radius 1 is 1.00 bits per heavy atom. The van der Waals surface area contributed by atoms with Gasteiger partial charge in [0.05, 0.1) is 6.54 Å². The largest absolute Gasteiger partial charge is 0.305 e. The summed E-state index contributed by atoms with van der Waals surface area (Å²) in [5.74, 6) is 1.91. The van der Waals surface area contributed by atoms with Crippen molar-refractivity contribution in [1.82, 2.24) is 25.0 Å². The van der Waals surface area contributed by atoms with Crippen molar-refractivity contribution in [2.75, 3.05) is 0 Å². The summed E-state index contributed by atoms with van der Waals surface area (Å²) in [4.78, 5) is 0. The van der Waals surface area contributed by atoms with Gasteiger partial charge in [0.1, 0.15) is 11.5 Å². The Morgan fingerprint density at radius 3 is 2.74 bits per heavy atom. The van der Waals surface area contributed by atoms with Gasteiger partial charge in [-0.25, -0.2) is 0 Å². The van der Waals surface area contributed by atoms with Gasteiger partial charge < -0.3 is 4.57 Å². The van der Waals surface area contributed by atoms with E-state index in [0.717, 1.165) is 36.7 Å². The number of aromatic amines is 1. The second-order valence-electron chi connectivity index (χ2n) is 4.77. The molecule has 0 unspecified atom stereocenters. The Labute approximate surface area is 110 Å². The molecule has 0 bridgehead atoms. The number of H-pyrrole nitrogens is 1. The van der Waals surface area contributed by atoms with Gasteiger partial charge in [-0.3, -0.25) is 5.10 Å². The molecule has 0 atom stereocenters. The van der Waals surface area contributed by atoms with Crippen molar-refractivity contribution in [3.8, 4) is 11.5 Å². The van der Waals surface area contributed by atoms with Crippen molar-refractivity contribution in [1.29, 1.82) is 0 Å². The van der Waals surface area contributed by atoms with Gasteiger partial charge in [-0.1, -0.05) is 24.3 Å². The van der Waals surface area contributed by atoms with E-state index >= 15 is 0 Å². The lowest BCUT2D eigenvalue weighted by Crippen LogP contribution is -2.05. The standard InChI is InChI=1S/C14H13N5/c1-2-4-11-9-19-13(6-5-10(11)3-1)17-18-14(19)12-7-8-15-16-12/h1-4,7-8H,5-6,9H2,(H,15,16). The molecule has 1 aliphatic rings. The highest BCUT2D eigenvalue weighted by molar-refractivity contribution is 5.49. The van der Waals surface area contributed by atoms with Crippen LogP contribution in [-0.2, 0) is 19.4 Å². The summed E-state index contributed by atoms with van der Waals surface area (Å²) >= 11 is 0. The monoisotopic (exact) mass is 251 g/mol. The fourth-order valence-electron chi connectivity index (χ4n) is 2.64. The number of hydrogen-bond acceptors (Lipinski definition) is 3. The van der Waals surface area contributed by atoms with Crippen molar-refractivity contribution in [3.63, 3.8) is 0 Å². The molecule has 0 radical (unpaired) electrons. The first-order valence-electron chi connectivity index (χ1n) is 6.40. The van der Waals surface area contributed by atoms with Gasteiger partial charge in [0.15, 0.2) is 5.82 Å². The van der Waals surface area contributed by atoms with Gasteiger partial charge in [-0.2, -0.15) is 5.10 Å². The molecule has 94 valence electrons. The fraction of sp³-hybridized carbons (Fsp3) is 0.214. The molecule has 0 saturated heterocycles. The predicted octanol–water partition coefficient (Wildman–Crippen LogP) is 1.82. The molecule has 5 heteroatoms. The van der Waals surface area contributed by atoms with Gasteiger partial charge in [0, 0.05) is 12.6 Å². The molecule has 3 aromatic rings. The molecule has 5 nitrogen and oxygen atoms in total. The SMILES string of the molecule is c1ccc2c(c1)CCc1nnc(-c3ccn[nH]3)n1C2. The van der Waals surface area contributed by atoms with Gasteiger partial charge in [0.2, 0.25) is 0 Å². The van der Waals surface area contributed by atoms with E-state index in [4.69, 9.17) is 0 Å². The van der Waals surface area contributed by atoms with Crippen molar-refractivity contribution in [2.24, 2.45) is 0 Å². The number of benzene rings is 1. The topological polar surface area (TPSA) is 59.4 Å². The van der Waals surface area contributed by atoms with Gasteiger partial charge in [0.25, 0.3) is 0 Å². The highest BCUT2D eigenvalue weighted by Gasteiger charge is 2.19. The molecule has 3 heterocycles. The second-order valence-corrected chi connectivity index (χ2v) is 4.77. The number of aromatic nitrogens is 5. The Bertz CT molecular complexity index is 711. The summed E-state index contributed by atoms with van der Waals surface area (Å²) in [5.41, 5.74) is 3.67. The molecule has 0 saturated carbocycles. The van der Waals surface area contributed by atoms with E-state index in [1.165, 1.54) is 11.1 Å². The molecule has 0 spiro atoms. The zero-order chi connectivity index (χ0) is 12.7. The minimum atomic E-state index is 0.826. The predicted molar refractivity (Wildman–Crippen MR) is 70.6 cm³/mol. The number of hydrogen-bond donors (Lipinski definition) is 1. The third kappa shape index (κ3) is 1.66. The molecule has 2 aromatic heterocycles. The summed E-state index contributed by atoms with van der Waals surface area (Å²) in [5, 5.41) is 15.6. The number of fused-ring (bicyclic) bond motifs is 2. The Morgan fingerprint density at radius 2 is 1.89 bits per heavy atom. The maximum absolute atomic E-state index is 4.32. The van der Waals surface area contributed by atoms with Gasteiger partial charge in [-0.15, -0.1) is 10.2 Å². The Hall–Kier alpha value is -2.43. The fourth-order valence-corrected chi connectivity index (χ4v) is 2.64. The zero-order valence-corrected chi connectivity index (χ0v) is 10.4. The minimum Gasteiger partial charge on any atom is -0.305 e. The maximum Gasteiger partial charge on any atom is 0.182 e. The minimum absolute atomic E-state index is 0.826. The van der Waals surface area contributed by atoms with Gasteiger partial charge in [-0.05, 0) is 23.6 Å². The molecule has 1 aliphatic heterocycles. The third-order valence-corrected chi connectivity index (χ3v) is 3.63. The lowest BCUT2D eigenvalue weighted by Gasteiger charge is -2.07. The number of rotatable bonds is 1. The Balaban J connectivity index is 1.85. The smallest absolute Gasteiger partial charge is 0.182 e. The average molecular weight is 251 g/mol. The summed E-state index contributed by atoms with van der Waals surface area (Å²) in [6.07, 6.45) is 3.69. The molecule has 4 rings (SSSR count). The highest BCUT2D eigenvalue weighted by atomic mass is 15.3. The number of aryl methyl sites for hydroxylation is 2. The lowest BCUT2D eigenvalue weighted by molar-refractivity contribution is 0.748. The first kappa shape index (κ1) is 10.5. The average Bonchev–Trinajstić information content (AvgIpc) is 3.04. The van der Waals surface area contributed by atoms with Crippen LogP contribution in [0.2, 0.25) is 0 Å². The summed E-state index contributed by atoms with van der Waals surface area (Å²) < 4.78 is 2.18. The molecule has 19 heavy (non-hydrogen) atoms. The van der Waals surface area contributed by atoms with Crippen molar-refractivity contribution in [3.05, 3.63) is 53.5 Å². The first-order chi connectivity index (χ1) is 9.42. The second kappa shape index (κ2) is 4.05. The normalized spacial score (nSPS) is 13.7. The molecule has 1 N–H and O–H groups in total. The lowest BCUT2D eigenvalue weighted by atomic mass is 10.0. The molecule has 0 aliphatic carbocycles. The summed E-state index contributed by atoms with van der Waals surface area (Å²) in [6, 6.07) is 10.5.